The van der Waals surface area contributed by atoms with Crippen LogP contribution in [-0.4, -0.2) is 35.3 Å². The fraction of sp³-hybridized carbons (Fsp3) is 0.200. The summed E-state index contributed by atoms with van der Waals surface area (Å²) in [5, 5.41) is 8.86. The molecule has 35 heavy (non-hydrogen) atoms. The maximum absolute atomic E-state index is 12.9. The third-order valence-corrected chi connectivity index (χ3v) is 5.95. The maximum Gasteiger partial charge on any atom is 0.258 e. The van der Waals surface area contributed by atoms with Crippen LogP contribution in [0.2, 0.25) is 0 Å². The third kappa shape index (κ3) is 6.30. The van der Waals surface area contributed by atoms with E-state index in [4.69, 9.17) is 9.47 Å². The summed E-state index contributed by atoms with van der Waals surface area (Å²) in [5.74, 6) is 0.471. The van der Waals surface area contributed by atoms with E-state index < -0.39 is 0 Å². The van der Waals surface area contributed by atoms with Crippen LogP contribution in [-0.2, 0) is 9.59 Å². The standard InChI is InChI=1S/C25H24N4O5S/c1-15(2)23(31)28-16-5-7-17(8-6-16)29-24(32)19-4-3-11-26-25(19)35-13-22(30)27-18-9-10-20-21(12-18)34-14-33-20/h3-12,15H,13-14H2,1-2H3,(H,27,30)(H,28,31)(H,29,32). The molecule has 0 unspecified atom stereocenters. The normalized spacial score (nSPS) is 11.7. The minimum Gasteiger partial charge on any atom is -0.454 e. The first-order valence-electron chi connectivity index (χ1n) is 10.9. The quantitative estimate of drug-likeness (QED) is 0.399. The van der Waals surface area contributed by atoms with Crippen molar-refractivity contribution in [3.63, 3.8) is 0 Å². The molecule has 0 atom stereocenters. The molecule has 0 spiro atoms. The number of nitrogens with zero attached hydrogens (tertiary/aromatic N) is 1. The number of carbonyl (C=O) groups is 3. The summed E-state index contributed by atoms with van der Waals surface area (Å²) >= 11 is 1.16. The minimum atomic E-state index is -0.351. The second-order valence-corrected chi connectivity index (χ2v) is 8.90. The predicted octanol–water partition coefficient (Wildman–Crippen LogP) is 4.39. The molecule has 3 N–H and O–H groups in total. The van der Waals surface area contributed by atoms with Crippen LogP contribution in [0.15, 0.2) is 65.8 Å². The average Bonchev–Trinajstić information content (AvgIpc) is 3.32. The smallest absolute Gasteiger partial charge is 0.258 e. The third-order valence-electron chi connectivity index (χ3n) is 4.95. The van der Waals surface area contributed by atoms with E-state index >= 15 is 0 Å². The Labute approximate surface area is 206 Å². The van der Waals surface area contributed by atoms with Gasteiger partial charge in [0.05, 0.1) is 11.3 Å². The zero-order valence-electron chi connectivity index (χ0n) is 19.2. The lowest BCUT2D eigenvalue weighted by molar-refractivity contribution is -0.119. The van der Waals surface area contributed by atoms with Gasteiger partial charge in [0.2, 0.25) is 18.6 Å². The van der Waals surface area contributed by atoms with Crippen LogP contribution in [0.1, 0.15) is 24.2 Å². The summed E-state index contributed by atoms with van der Waals surface area (Å²) in [6, 6.07) is 15.3. The van der Waals surface area contributed by atoms with Gasteiger partial charge in [-0.2, -0.15) is 0 Å². The molecule has 0 aliphatic carbocycles. The van der Waals surface area contributed by atoms with Crippen LogP contribution in [0.4, 0.5) is 17.1 Å². The van der Waals surface area contributed by atoms with Gasteiger partial charge < -0.3 is 25.4 Å². The molecule has 2 aromatic carbocycles. The number of pyridine rings is 1. The van der Waals surface area contributed by atoms with Gasteiger partial charge >= 0.3 is 0 Å². The molecule has 0 fully saturated rings. The Hall–Kier alpha value is -4.05. The molecule has 1 aliphatic rings. The molecule has 10 heteroatoms. The Balaban J connectivity index is 1.34. The molecule has 0 saturated heterocycles. The molecule has 1 aliphatic heterocycles. The number of aromatic nitrogens is 1. The lowest BCUT2D eigenvalue weighted by Gasteiger charge is -2.11. The second-order valence-electron chi connectivity index (χ2n) is 7.94. The van der Waals surface area contributed by atoms with E-state index in [9.17, 15) is 14.4 Å². The van der Waals surface area contributed by atoms with Crippen LogP contribution >= 0.6 is 11.8 Å². The number of anilines is 3. The molecular formula is C25H24N4O5S. The van der Waals surface area contributed by atoms with Crippen molar-refractivity contribution < 1.29 is 23.9 Å². The molecule has 3 aromatic rings. The zero-order chi connectivity index (χ0) is 24.8. The van der Waals surface area contributed by atoms with Gasteiger partial charge in [-0.1, -0.05) is 25.6 Å². The number of thioether (sulfide) groups is 1. The molecule has 0 saturated carbocycles. The molecule has 3 amide bonds. The first kappa shape index (κ1) is 24.1. The van der Waals surface area contributed by atoms with E-state index in [-0.39, 0.29) is 36.2 Å². The SMILES string of the molecule is CC(C)C(=O)Nc1ccc(NC(=O)c2cccnc2SCC(=O)Nc2ccc3c(c2)OCO3)cc1. The van der Waals surface area contributed by atoms with Gasteiger partial charge in [0, 0.05) is 35.2 Å². The largest absolute Gasteiger partial charge is 0.454 e. The van der Waals surface area contributed by atoms with Gasteiger partial charge in [-0.15, -0.1) is 0 Å². The number of rotatable bonds is 8. The van der Waals surface area contributed by atoms with Crippen LogP contribution in [0.5, 0.6) is 11.5 Å². The molecular weight excluding hydrogens is 468 g/mol. The van der Waals surface area contributed by atoms with Crippen molar-refractivity contribution in [3.05, 3.63) is 66.4 Å². The van der Waals surface area contributed by atoms with Crippen molar-refractivity contribution in [2.24, 2.45) is 5.92 Å². The number of hydrogen-bond donors (Lipinski definition) is 3. The molecule has 1 aromatic heterocycles. The molecule has 2 heterocycles. The van der Waals surface area contributed by atoms with Crippen LogP contribution in [0.25, 0.3) is 0 Å². The Morgan fingerprint density at radius 2 is 1.60 bits per heavy atom. The van der Waals surface area contributed by atoms with Crippen molar-refractivity contribution in [3.8, 4) is 11.5 Å². The minimum absolute atomic E-state index is 0.0655. The van der Waals surface area contributed by atoms with Crippen molar-refractivity contribution in [1.82, 2.24) is 4.98 Å². The van der Waals surface area contributed by atoms with E-state index in [1.54, 1.807) is 60.8 Å². The topological polar surface area (TPSA) is 119 Å². The zero-order valence-corrected chi connectivity index (χ0v) is 20.0. The van der Waals surface area contributed by atoms with E-state index in [0.29, 0.717) is 39.2 Å². The van der Waals surface area contributed by atoms with E-state index in [0.717, 1.165) is 11.8 Å². The number of benzene rings is 2. The molecule has 4 rings (SSSR count). The fourth-order valence-corrected chi connectivity index (χ4v) is 3.90. The van der Waals surface area contributed by atoms with E-state index in [1.165, 1.54) is 0 Å². The summed E-state index contributed by atoms with van der Waals surface area (Å²) in [4.78, 5) is 41.4. The Morgan fingerprint density at radius 3 is 2.34 bits per heavy atom. The Bertz CT molecular complexity index is 1250. The summed E-state index contributed by atoms with van der Waals surface area (Å²) in [5.41, 5.74) is 2.16. The highest BCUT2D eigenvalue weighted by molar-refractivity contribution is 8.00. The van der Waals surface area contributed by atoms with E-state index in [2.05, 4.69) is 20.9 Å². The lowest BCUT2D eigenvalue weighted by Crippen LogP contribution is -2.18. The van der Waals surface area contributed by atoms with Crippen molar-refractivity contribution in [2.45, 2.75) is 18.9 Å². The van der Waals surface area contributed by atoms with Crippen molar-refractivity contribution >= 4 is 46.5 Å². The van der Waals surface area contributed by atoms with Gasteiger partial charge in [-0.05, 0) is 48.5 Å². The number of hydrogen-bond acceptors (Lipinski definition) is 7. The first-order valence-corrected chi connectivity index (χ1v) is 11.9. The second kappa shape index (κ2) is 10.9. The molecule has 0 bridgehead atoms. The molecule has 0 radical (unpaired) electrons. The highest BCUT2D eigenvalue weighted by Gasteiger charge is 2.17. The first-order chi connectivity index (χ1) is 16.9. The number of amides is 3. The van der Waals surface area contributed by atoms with Crippen molar-refractivity contribution in [2.75, 3.05) is 28.5 Å². The van der Waals surface area contributed by atoms with Crippen LogP contribution in [0.3, 0.4) is 0 Å². The fourth-order valence-electron chi connectivity index (χ4n) is 3.11. The van der Waals surface area contributed by atoms with Gasteiger partial charge in [-0.3, -0.25) is 14.4 Å². The summed E-state index contributed by atoms with van der Waals surface area (Å²) in [6.07, 6.45) is 1.57. The van der Waals surface area contributed by atoms with Crippen LogP contribution in [0, 0.1) is 5.92 Å². The molecule has 180 valence electrons. The van der Waals surface area contributed by atoms with Gasteiger partial charge in [0.15, 0.2) is 11.5 Å². The number of ether oxygens (including phenoxy) is 2. The average molecular weight is 493 g/mol. The number of fused-ring (bicyclic) bond motifs is 1. The summed E-state index contributed by atoms with van der Waals surface area (Å²) in [6.45, 7) is 3.79. The van der Waals surface area contributed by atoms with Gasteiger partial charge in [0.25, 0.3) is 5.91 Å². The summed E-state index contributed by atoms with van der Waals surface area (Å²) < 4.78 is 10.6. The highest BCUT2D eigenvalue weighted by Crippen LogP contribution is 2.34. The van der Waals surface area contributed by atoms with Gasteiger partial charge in [0.1, 0.15) is 5.03 Å². The predicted molar refractivity (Wildman–Crippen MR) is 134 cm³/mol. The Morgan fingerprint density at radius 1 is 0.914 bits per heavy atom. The number of carbonyl (C=O) groups excluding carboxylic acids is 3. The maximum atomic E-state index is 12.9. The Kier molecular flexibility index (Phi) is 7.51. The monoisotopic (exact) mass is 492 g/mol. The molecule has 9 nitrogen and oxygen atoms in total. The summed E-state index contributed by atoms with van der Waals surface area (Å²) in [7, 11) is 0. The van der Waals surface area contributed by atoms with Crippen molar-refractivity contribution in [1.29, 1.82) is 0 Å². The van der Waals surface area contributed by atoms with E-state index in [1.807, 2.05) is 13.8 Å². The lowest BCUT2D eigenvalue weighted by atomic mass is 10.2. The van der Waals surface area contributed by atoms with Crippen LogP contribution < -0.4 is 25.4 Å². The number of nitrogens with one attached hydrogen (secondary N) is 3. The van der Waals surface area contributed by atoms with Gasteiger partial charge in [-0.25, -0.2) is 4.98 Å². The highest BCUT2D eigenvalue weighted by atomic mass is 32.2.